The molecule has 0 aliphatic carbocycles. The second kappa shape index (κ2) is 9.36. The molecule has 22 heavy (non-hydrogen) atoms. The average molecular weight is 347 g/mol. The largest absolute Gasteiger partial charge is 0.381 e. The van der Waals surface area contributed by atoms with Crippen LogP contribution in [0.15, 0.2) is 24.3 Å². The lowest BCUT2D eigenvalue weighted by atomic mass is 9.74. The molecule has 4 nitrogen and oxygen atoms in total. The van der Waals surface area contributed by atoms with Crippen molar-refractivity contribution in [2.45, 2.75) is 31.1 Å². The number of rotatable bonds is 6. The first-order valence-corrected chi connectivity index (χ1v) is 7.85. The number of carbonyl (C=O) groups excluding carboxylic acids is 1. The Bertz CT molecular complexity index is 460. The van der Waals surface area contributed by atoms with Crippen molar-refractivity contribution in [1.29, 1.82) is 0 Å². The normalized spacial score (nSPS) is 16.6. The van der Waals surface area contributed by atoms with Crippen molar-refractivity contribution >= 4 is 29.9 Å². The minimum absolute atomic E-state index is 0. The molecule has 0 radical (unpaired) electrons. The molecular formula is C16H24Cl2N2O2. The number of benzene rings is 1. The van der Waals surface area contributed by atoms with Crippen molar-refractivity contribution in [2.75, 3.05) is 26.3 Å². The van der Waals surface area contributed by atoms with Gasteiger partial charge in [-0.15, -0.1) is 12.4 Å². The second-order valence-corrected chi connectivity index (χ2v) is 6.00. The van der Waals surface area contributed by atoms with Gasteiger partial charge in [0.1, 0.15) is 0 Å². The molecule has 1 aromatic rings. The molecule has 1 aliphatic rings. The first-order valence-electron chi connectivity index (χ1n) is 7.47. The molecule has 124 valence electrons. The van der Waals surface area contributed by atoms with Gasteiger partial charge in [0.05, 0.1) is 0 Å². The van der Waals surface area contributed by atoms with Gasteiger partial charge in [0.15, 0.2) is 0 Å². The van der Waals surface area contributed by atoms with Gasteiger partial charge >= 0.3 is 0 Å². The number of halogens is 2. The maximum atomic E-state index is 11.9. The van der Waals surface area contributed by atoms with E-state index in [-0.39, 0.29) is 23.7 Å². The highest BCUT2D eigenvalue weighted by molar-refractivity contribution is 6.30. The molecule has 0 aromatic heterocycles. The number of nitrogens with two attached hydrogens (primary N) is 1. The van der Waals surface area contributed by atoms with E-state index in [2.05, 4.69) is 17.4 Å². The fourth-order valence-corrected chi connectivity index (χ4v) is 2.88. The molecule has 2 rings (SSSR count). The van der Waals surface area contributed by atoms with E-state index in [0.717, 1.165) is 37.5 Å². The summed E-state index contributed by atoms with van der Waals surface area (Å²) in [5.74, 6) is 0.0697. The van der Waals surface area contributed by atoms with Gasteiger partial charge in [0, 0.05) is 36.6 Å². The van der Waals surface area contributed by atoms with E-state index in [9.17, 15) is 4.79 Å². The van der Waals surface area contributed by atoms with Crippen LogP contribution < -0.4 is 11.1 Å². The van der Waals surface area contributed by atoms with Crippen molar-refractivity contribution in [3.8, 4) is 0 Å². The number of ether oxygens (including phenoxy) is 1. The zero-order valence-electron chi connectivity index (χ0n) is 12.6. The zero-order valence-corrected chi connectivity index (χ0v) is 14.2. The number of hydrogen-bond donors (Lipinski definition) is 2. The van der Waals surface area contributed by atoms with Crippen LogP contribution in [0, 0.1) is 0 Å². The average Bonchev–Trinajstić information content (AvgIpc) is 2.52. The third-order valence-corrected chi connectivity index (χ3v) is 4.39. The van der Waals surface area contributed by atoms with Gasteiger partial charge in [-0.25, -0.2) is 0 Å². The molecule has 1 aromatic carbocycles. The van der Waals surface area contributed by atoms with Crippen molar-refractivity contribution in [3.05, 3.63) is 34.9 Å². The first kappa shape index (κ1) is 19.2. The number of hydrogen-bond acceptors (Lipinski definition) is 3. The third-order valence-electron chi connectivity index (χ3n) is 4.14. The maximum Gasteiger partial charge on any atom is 0.220 e. The minimum atomic E-state index is -0.0544. The Kier molecular flexibility index (Phi) is 8.18. The van der Waals surface area contributed by atoms with Crippen LogP contribution in [0.4, 0.5) is 0 Å². The minimum Gasteiger partial charge on any atom is -0.381 e. The number of nitrogens with one attached hydrogen (secondary N) is 1. The molecule has 6 heteroatoms. The van der Waals surface area contributed by atoms with Crippen LogP contribution in [0.3, 0.4) is 0 Å². The Morgan fingerprint density at radius 2 is 1.91 bits per heavy atom. The summed E-state index contributed by atoms with van der Waals surface area (Å²) in [5.41, 5.74) is 6.60. The molecule has 1 aliphatic heterocycles. The monoisotopic (exact) mass is 346 g/mol. The predicted molar refractivity (Wildman–Crippen MR) is 91.7 cm³/mol. The summed E-state index contributed by atoms with van der Waals surface area (Å²) in [6.07, 6.45) is 3.03. The first-order chi connectivity index (χ1) is 10.2. The van der Waals surface area contributed by atoms with E-state index < -0.39 is 0 Å². The van der Waals surface area contributed by atoms with Gasteiger partial charge in [0.2, 0.25) is 5.91 Å². The quantitative estimate of drug-likeness (QED) is 0.832. The van der Waals surface area contributed by atoms with Crippen molar-refractivity contribution in [2.24, 2.45) is 5.73 Å². The Morgan fingerprint density at radius 3 is 2.50 bits per heavy atom. The molecule has 0 atom stereocenters. The van der Waals surface area contributed by atoms with Gasteiger partial charge in [-0.05, 0) is 43.5 Å². The molecular weight excluding hydrogens is 323 g/mol. The number of amides is 1. The topological polar surface area (TPSA) is 64.4 Å². The standard InChI is InChI=1S/C16H23ClN2O2.ClH/c17-14-5-3-13(4-6-14)16(7-10-21-11-8-16)12-19-15(20)2-1-9-18;/h3-6H,1-2,7-12,18H2,(H,19,20);1H. The lowest BCUT2D eigenvalue weighted by Crippen LogP contribution is -2.44. The molecule has 1 heterocycles. The van der Waals surface area contributed by atoms with E-state index in [1.54, 1.807) is 0 Å². The molecule has 3 N–H and O–H groups in total. The zero-order chi connectivity index (χ0) is 15.1. The third kappa shape index (κ3) is 5.13. The Balaban J connectivity index is 0.00000242. The molecule has 0 saturated carbocycles. The highest BCUT2D eigenvalue weighted by atomic mass is 35.5. The lowest BCUT2D eigenvalue weighted by Gasteiger charge is -2.38. The van der Waals surface area contributed by atoms with Gasteiger partial charge in [0.25, 0.3) is 0 Å². The van der Waals surface area contributed by atoms with Crippen LogP contribution in [0.25, 0.3) is 0 Å². The van der Waals surface area contributed by atoms with E-state index >= 15 is 0 Å². The smallest absolute Gasteiger partial charge is 0.220 e. The van der Waals surface area contributed by atoms with Crippen LogP contribution in [-0.4, -0.2) is 32.2 Å². The van der Waals surface area contributed by atoms with E-state index in [0.29, 0.717) is 19.5 Å². The highest BCUT2D eigenvalue weighted by Crippen LogP contribution is 2.34. The maximum absolute atomic E-state index is 11.9. The summed E-state index contributed by atoms with van der Waals surface area (Å²) in [4.78, 5) is 11.9. The van der Waals surface area contributed by atoms with E-state index in [1.807, 2.05) is 12.1 Å². The molecule has 0 unspecified atom stereocenters. The predicted octanol–water partition coefficient (Wildman–Crippen LogP) is 2.67. The summed E-state index contributed by atoms with van der Waals surface area (Å²) < 4.78 is 5.49. The summed E-state index contributed by atoms with van der Waals surface area (Å²) in [6, 6.07) is 7.92. The van der Waals surface area contributed by atoms with Crippen molar-refractivity contribution in [1.82, 2.24) is 5.32 Å². The van der Waals surface area contributed by atoms with Crippen LogP contribution in [-0.2, 0) is 14.9 Å². The summed E-state index contributed by atoms with van der Waals surface area (Å²) in [5, 5.41) is 3.79. The van der Waals surface area contributed by atoms with Crippen LogP contribution in [0.5, 0.6) is 0 Å². The fourth-order valence-electron chi connectivity index (χ4n) is 2.75. The molecule has 1 amide bonds. The highest BCUT2D eigenvalue weighted by Gasteiger charge is 2.34. The van der Waals surface area contributed by atoms with Gasteiger partial charge in [-0.3, -0.25) is 4.79 Å². The summed E-state index contributed by atoms with van der Waals surface area (Å²) in [7, 11) is 0. The van der Waals surface area contributed by atoms with Gasteiger partial charge in [-0.1, -0.05) is 23.7 Å². The molecule has 0 bridgehead atoms. The summed E-state index contributed by atoms with van der Waals surface area (Å²) in [6.45, 7) is 2.63. The Labute approximate surface area is 143 Å². The van der Waals surface area contributed by atoms with Gasteiger partial charge in [-0.2, -0.15) is 0 Å². The Hall–Kier alpha value is -0.810. The Morgan fingerprint density at radius 1 is 1.27 bits per heavy atom. The van der Waals surface area contributed by atoms with Gasteiger partial charge < -0.3 is 15.8 Å². The SMILES string of the molecule is Cl.NCCCC(=O)NCC1(c2ccc(Cl)cc2)CCOCC1. The van der Waals surface area contributed by atoms with Crippen molar-refractivity contribution < 1.29 is 9.53 Å². The number of carbonyl (C=O) groups is 1. The van der Waals surface area contributed by atoms with E-state index in [1.165, 1.54) is 5.56 Å². The van der Waals surface area contributed by atoms with E-state index in [4.69, 9.17) is 22.1 Å². The summed E-state index contributed by atoms with van der Waals surface area (Å²) >= 11 is 5.97. The fraction of sp³-hybridized carbons (Fsp3) is 0.562. The second-order valence-electron chi connectivity index (χ2n) is 5.57. The van der Waals surface area contributed by atoms with Crippen molar-refractivity contribution in [3.63, 3.8) is 0 Å². The van der Waals surface area contributed by atoms with Crippen LogP contribution in [0.1, 0.15) is 31.2 Å². The molecule has 0 spiro atoms. The molecule has 1 saturated heterocycles. The van der Waals surface area contributed by atoms with Crippen LogP contribution >= 0.6 is 24.0 Å². The lowest BCUT2D eigenvalue weighted by molar-refractivity contribution is -0.121. The molecule has 1 fully saturated rings. The van der Waals surface area contributed by atoms with Crippen LogP contribution in [0.2, 0.25) is 5.02 Å².